The zero-order chi connectivity index (χ0) is 14.8. The summed E-state index contributed by atoms with van der Waals surface area (Å²) in [6.45, 7) is 5.98. The molecular formula is C13H18Cl3FN2O. The summed E-state index contributed by atoms with van der Waals surface area (Å²) in [4.78, 5) is 12.1. The van der Waals surface area contributed by atoms with E-state index in [1.807, 2.05) is 20.8 Å². The van der Waals surface area contributed by atoms with Crippen LogP contribution in [0.3, 0.4) is 0 Å². The Kier molecular flexibility index (Phi) is 7.25. The maximum Gasteiger partial charge on any atom is 0.253 e. The van der Waals surface area contributed by atoms with Crippen molar-refractivity contribution in [3.63, 3.8) is 0 Å². The quantitative estimate of drug-likeness (QED) is 0.820. The number of nitrogens with two attached hydrogens (primary N) is 1. The molecule has 0 heterocycles. The summed E-state index contributed by atoms with van der Waals surface area (Å²) in [5.74, 6) is -1.03. The molecule has 0 radical (unpaired) electrons. The van der Waals surface area contributed by atoms with E-state index in [-0.39, 0.29) is 40.5 Å². The highest BCUT2D eigenvalue weighted by Crippen LogP contribution is 2.25. The van der Waals surface area contributed by atoms with Gasteiger partial charge < -0.3 is 11.1 Å². The van der Waals surface area contributed by atoms with Crippen LogP contribution in [0, 0.1) is 11.7 Å². The summed E-state index contributed by atoms with van der Waals surface area (Å²) in [5, 5.41) is 2.77. The van der Waals surface area contributed by atoms with Crippen molar-refractivity contribution in [2.75, 3.05) is 6.54 Å². The predicted molar refractivity (Wildman–Crippen MR) is 83.4 cm³/mol. The Morgan fingerprint density at radius 2 is 1.95 bits per heavy atom. The van der Waals surface area contributed by atoms with Gasteiger partial charge in [-0.2, -0.15) is 0 Å². The summed E-state index contributed by atoms with van der Waals surface area (Å²) >= 11 is 11.5. The molecule has 0 fully saturated rings. The fraction of sp³-hybridized carbons (Fsp3) is 0.462. The van der Waals surface area contributed by atoms with Crippen LogP contribution in [-0.2, 0) is 0 Å². The second kappa shape index (κ2) is 7.46. The van der Waals surface area contributed by atoms with E-state index in [0.29, 0.717) is 0 Å². The van der Waals surface area contributed by atoms with Crippen LogP contribution in [0.2, 0.25) is 10.0 Å². The lowest BCUT2D eigenvalue weighted by atomic mass is 9.88. The molecule has 3 nitrogen and oxygen atoms in total. The highest BCUT2D eigenvalue weighted by atomic mass is 35.5. The van der Waals surface area contributed by atoms with E-state index in [1.165, 1.54) is 6.07 Å². The van der Waals surface area contributed by atoms with Gasteiger partial charge in [-0.25, -0.2) is 4.39 Å². The number of halogens is 4. The van der Waals surface area contributed by atoms with Crippen molar-refractivity contribution in [2.45, 2.75) is 26.3 Å². The molecule has 3 N–H and O–H groups in total. The fourth-order valence-corrected chi connectivity index (χ4v) is 1.92. The summed E-state index contributed by atoms with van der Waals surface area (Å²) in [5.41, 5.74) is 5.14. The van der Waals surface area contributed by atoms with Crippen LogP contribution in [0.25, 0.3) is 0 Å². The molecule has 20 heavy (non-hydrogen) atoms. The van der Waals surface area contributed by atoms with Crippen molar-refractivity contribution in [3.8, 4) is 0 Å². The third-order valence-corrected chi connectivity index (χ3v) is 3.95. The Balaban J connectivity index is 0.00000361. The van der Waals surface area contributed by atoms with Crippen molar-refractivity contribution in [1.82, 2.24) is 5.32 Å². The molecule has 0 saturated carbocycles. The van der Waals surface area contributed by atoms with Gasteiger partial charge in [0.25, 0.3) is 5.91 Å². The van der Waals surface area contributed by atoms with Gasteiger partial charge in [0.15, 0.2) is 0 Å². The van der Waals surface area contributed by atoms with Gasteiger partial charge in [0, 0.05) is 6.54 Å². The Hall–Kier alpha value is -0.550. The first kappa shape index (κ1) is 19.4. The zero-order valence-electron chi connectivity index (χ0n) is 11.5. The second-order valence-corrected chi connectivity index (χ2v) is 5.79. The number of carbonyl (C=O) groups is 1. The molecule has 1 unspecified atom stereocenters. The van der Waals surface area contributed by atoms with Crippen molar-refractivity contribution < 1.29 is 9.18 Å². The minimum Gasteiger partial charge on any atom is -0.345 e. The highest BCUT2D eigenvalue weighted by Gasteiger charge is 2.29. The lowest BCUT2D eigenvalue weighted by Gasteiger charge is -2.33. The van der Waals surface area contributed by atoms with Crippen LogP contribution in [0.5, 0.6) is 0 Å². The van der Waals surface area contributed by atoms with E-state index in [0.717, 1.165) is 6.07 Å². The maximum absolute atomic E-state index is 13.4. The average molecular weight is 344 g/mol. The third-order valence-electron chi connectivity index (χ3n) is 3.35. The van der Waals surface area contributed by atoms with Crippen molar-refractivity contribution >= 4 is 41.5 Å². The van der Waals surface area contributed by atoms with Crippen molar-refractivity contribution in [3.05, 3.63) is 33.6 Å². The van der Waals surface area contributed by atoms with E-state index in [4.69, 9.17) is 28.9 Å². The molecule has 114 valence electrons. The van der Waals surface area contributed by atoms with Gasteiger partial charge in [0.1, 0.15) is 5.82 Å². The first-order chi connectivity index (χ1) is 8.71. The van der Waals surface area contributed by atoms with Gasteiger partial charge in [-0.15, -0.1) is 12.4 Å². The number of nitrogens with one attached hydrogen (secondary N) is 1. The van der Waals surface area contributed by atoms with Crippen LogP contribution >= 0.6 is 35.6 Å². The number of hydrogen-bond donors (Lipinski definition) is 2. The lowest BCUT2D eigenvalue weighted by Crippen LogP contribution is -2.55. The first-order valence-corrected chi connectivity index (χ1v) is 6.64. The van der Waals surface area contributed by atoms with E-state index in [2.05, 4.69) is 5.32 Å². The summed E-state index contributed by atoms with van der Waals surface area (Å²) in [6, 6.07) is 2.24. The second-order valence-electron chi connectivity index (χ2n) is 4.98. The minimum absolute atomic E-state index is 0. The molecular weight excluding hydrogens is 326 g/mol. The van der Waals surface area contributed by atoms with Crippen LogP contribution in [0.4, 0.5) is 4.39 Å². The van der Waals surface area contributed by atoms with Gasteiger partial charge in [-0.1, -0.05) is 37.0 Å². The Morgan fingerprint density at radius 1 is 1.40 bits per heavy atom. The van der Waals surface area contributed by atoms with Gasteiger partial charge in [0.05, 0.1) is 21.1 Å². The summed E-state index contributed by atoms with van der Waals surface area (Å²) < 4.78 is 13.4. The first-order valence-electron chi connectivity index (χ1n) is 5.88. The van der Waals surface area contributed by atoms with E-state index < -0.39 is 17.3 Å². The molecule has 0 aromatic heterocycles. The molecule has 1 amide bonds. The van der Waals surface area contributed by atoms with Crippen LogP contribution in [0.15, 0.2) is 12.1 Å². The molecule has 0 aliphatic carbocycles. The van der Waals surface area contributed by atoms with Gasteiger partial charge in [-0.05, 0) is 25.0 Å². The van der Waals surface area contributed by atoms with Gasteiger partial charge >= 0.3 is 0 Å². The Labute approximate surface area is 134 Å². The van der Waals surface area contributed by atoms with E-state index in [9.17, 15) is 9.18 Å². The van der Waals surface area contributed by atoms with E-state index >= 15 is 0 Å². The summed E-state index contributed by atoms with van der Waals surface area (Å²) in [7, 11) is 0. The fourth-order valence-electron chi connectivity index (χ4n) is 1.45. The average Bonchev–Trinajstić information content (AvgIpc) is 2.33. The zero-order valence-corrected chi connectivity index (χ0v) is 13.8. The molecule has 0 saturated heterocycles. The van der Waals surface area contributed by atoms with Crippen molar-refractivity contribution in [2.24, 2.45) is 11.7 Å². The number of hydrogen-bond acceptors (Lipinski definition) is 2. The Bertz CT molecular complexity index is 497. The topological polar surface area (TPSA) is 55.1 Å². The number of amides is 1. The standard InChI is InChI=1S/C13H17Cl2FN2O.ClH/c1-7(2)13(3,6-17)18-12(19)8-4-11(16)10(15)5-9(8)14;/h4-5,7H,6,17H2,1-3H3,(H,18,19);1H. The number of benzene rings is 1. The smallest absolute Gasteiger partial charge is 0.253 e. The van der Waals surface area contributed by atoms with Gasteiger partial charge in [0.2, 0.25) is 0 Å². The molecule has 0 bridgehead atoms. The largest absolute Gasteiger partial charge is 0.345 e. The molecule has 7 heteroatoms. The van der Waals surface area contributed by atoms with Gasteiger partial charge in [-0.3, -0.25) is 4.79 Å². The predicted octanol–water partition coefficient (Wildman–Crippen LogP) is 3.66. The Morgan fingerprint density at radius 3 is 2.40 bits per heavy atom. The van der Waals surface area contributed by atoms with Crippen LogP contribution < -0.4 is 11.1 Å². The molecule has 1 aromatic carbocycles. The molecule has 1 aromatic rings. The molecule has 0 aliphatic rings. The molecule has 1 atom stereocenters. The minimum atomic E-state index is -0.685. The summed E-state index contributed by atoms with van der Waals surface area (Å²) in [6.07, 6.45) is 0. The normalized spacial score (nSPS) is 13.6. The van der Waals surface area contributed by atoms with Crippen LogP contribution in [0.1, 0.15) is 31.1 Å². The highest BCUT2D eigenvalue weighted by molar-refractivity contribution is 6.36. The lowest BCUT2D eigenvalue weighted by molar-refractivity contribution is 0.0883. The van der Waals surface area contributed by atoms with Crippen LogP contribution in [-0.4, -0.2) is 18.0 Å². The number of rotatable bonds is 4. The maximum atomic E-state index is 13.4. The number of carbonyl (C=O) groups excluding carboxylic acids is 1. The van der Waals surface area contributed by atoms with E-state index in [1.54, 1.807) is 0 Å². The third kappa shape index (κ3) is 4.22. The monoisotopic (exact) mass is 342 g/mol. The molecule has 0 aliphatic heterocycles. The SMILES string of the molecule is CC(C)C(C)(CN)NC(=O)c1cc(F)c(Cl)cc1Cl.Cl. The molecule has 0 spiro atoms. The van der Waals surface area contributed by atoms with Crippen molar-refractivity contribution in [1.29, 1.82) is 0 Å². The molecule has 1 rings (SSSR count).